The third-order valence-corrected chi connectivity index (χ3v) is 1.44. The number of hydrogen-bond acceptors (Lipinski definition) is 2. The van der Waals surface area contributed by atoms with Gasteiger partial charge < -0.3 is 9.42 Å². The Kier molecular flexibility index (Phi) is 15.3. The van der Waals surface area contributed by atoms with E-state index in [1.54, 1.807) is 13.3 Å². The van der Waals surface area contributed by atoms with Crippen molar-refractivity contribution >= 4 is 26.8 Å². The largest absolute Gasteiger partial charge is 0.377 e. The Labute approximate surface area is 97.2 Å². The van der Waals surface area contributed by atoms with Gasteiger partial charge in [0.1, 0.15) is 0 Å². The van der Waals surface area contributed by atoms with E-state index in [0.29, 0.717) is 0 Å². The molecule has 0 aromatic carbocycles. The molecule has 0 aromatic rings. The monoisotopic (exact) mass is 256 g/mol. The molecule has 4 heteroatoms. The van der Waals surface area contributed by atoms with Crippen LogP contribution >= 0.6 is 14.2 Å². The van der Waals surface area contributed by atoms with Gasteiger partial charge in [-0.25, -0.2) is 0 Å². The summed E-state index contributed by atoms with van der Waals surface area (Å²) in [4.78, 5) is 8.52. The third kappa shape index (κ3) is 111. The van der Waals surface area contributed by atoms with Crippen molar-refractivity contribution in [2.75, 3.05) is 33.3 Å². The fraction of sp³-hybridized carbons (Fsp3) is 0.818. The highest BCUT2D eigenvalue weighted by Crippen LogP contribution is 2.35. The molecule has 0 aromatic heterocycles. The maximum atomic E-state index is 8.52. The van der Waals surface area contributed by atoms with Gasteiger partial charge in [0.15, 0.2) is 0 Å². The van der Waals surface area contributed by atoms with E-state index >= 15 is 0 Å². The summed E-state index contributed by atoms with van der Waals surface area (Å²) in [5.74, 6) is 0. The van der Waals surface area contributed by atoms with E-state index in [4.69, 9.17) is 9.42 Å². The first kappa shape index (κ1) is 20.9. The summed E-state index contributed by atoms with van der Waals surface area (Å²) in [6.07, 6.45) is 8.54. The Morgan fingerprint density at radius 2 is 1.20 bits per heavy atom. The first-order chi connectivity index (χ1) is 6.47. The fourth-order valence-corrected chi connectivity index (χ4v) is 1.05. The molecule has 0 heterocycles. The molecule has 0 unspecified atom stereocenters. The third-order valence-electron chi connectivity index (χ3n) is 0.479. The van der Waals surface area contributed by atoms with Crippen molar-refractivity contribution in [1.82, 2.24) is 0 Å². The van der Waals surface area contributed by atoms with Crippen LogP contribution in [0.4, 0.5) is 0 Å². The molecule has 0 aliphatic carbocycles. The minimum absolute atomic E-state index is 0.796. The molecule has 1 N–H and O–H groups in total. The highest BCUT2D eigenvalue weighted by molar-refractivity contribution is 7.67. The van der Waals surface area contributed by atoms with Gasteiger partial charge in [-0.05, 0) is 47.8 Å². The first-order valence-corrected chi connectivity index (χ1v) is 10.8. The van der Waals surface area contributed by atoms with Crippen molar-refractivity contribution in [3.63, 3.8) is 0 Å². The summed E-state index contributed by atoms with van der Waals surface area (Å²) in [5.41, 5.74) is 0. The highest BCUT2D eigenvalue weighted by atomic mass is 31.2. The van der Waals surface area contributed by atoms with E-state index in [9.17, 15) is 0 Å². The second kappa shape index (κ2) is 11.0. The van der Waals surface area contributed by atoms with Crippen molar-refractivity contribution in [3.05, 3.63) is 0 Å². The molecular formula is C11H30O2P2. The smallest absolute Gasteiger partial charge is 0.0478 e. The molecule has 0 aliphatic heterocycles. The van der Waals surface area contributed by atoms with Gasteiger partial charge in [0.25, 0.3) is 0 Å². The lowest BCUT2D eigenvalue weighted by atomic mass is 10.6. The Hall–Kier alpha value is 0.520. The van der Waals surface area contributed by atoms with Gasteiger partial charge in [0.2, 0.25) is 0 Å². The molecule has 96 valence electrons. The zero-order chi connectivity index (χ0) is 13.1. The minimum atomic E-state index is -1.64. The molecule has 0 fully saturated rings. The summed E-state index contributed by atoms with van der Waals surface area (Å²) in [6.45, 7) is 14.6. The van der Waals surface area contributed by atoms with Crippen molar-refractivity contribution in [2.45, 2.75) is 27.2 Å². The van der Waals surface area contributed by atoms with Crippen LogP contribution in [0.15, 0.2) is 0 Å². The Balaban J connectivity index is -0.000000158. The van der Waals surface area contributed by atoms with Crippen LogP contribution in [0.25, 0.3) is 0 Å². The molecule has 0 atom stereocenters. The van der Waals surface area contributed by atoms with Gasteiger partial charge in [-0.2, -0.15) is 0 Å². The maximum Gasteiger partial charge on any atom is 0.0478 e. The van der Waals surface area contributed by atoms with Crippen molar-refractivity contribution in [2.24, 2.45) is 0 Å². The minimum Gasteiger partial charge on any atom is -0.377 e. The van der Waals surface area contributed by atoms with E-state index in [-0.39, 0.29) is 0 Å². The Morgan fingerprint density at radius 3 is 1.20 bits per heavy atom. The Morgan fingerprint density at radius 1 is 1.00 bits per heavy atom. The van der Waals surface area contributed by atoms with Gasteiger partial charge in [-0.15, -0.1) is 0 Å². The molecule has 0 saturated heterocycles. The van der Waals surface area contributed by atoms with E-state index in [0.717, 1.165) is 6.61 Å². The summed E-state index contributed by atoms with van der Waals surface area (Å²) >= 11 is 0. The molecule has 2 nitrogen and oxygen atoms in total. The van der Waals surface area contributed by atoms with Crippen LogP contribution in [-0.4, -0.2) is 50.8 Å². The second-order valence-corrected chi connectivity index (χ2v) is 11.0. The lowest BCUT2D eigenvalue weighted by Gasteiger charge is -2.10. The lowest BCUT2D eigenvalue weighted by Crippen LogP contribution is -1.83. The SMILES string of the molecule is C=P(C)(C)O.C=P(C)(C)OCC.CCC. The molecule has 0 rings (SSSR count). The number of hydrogen-bond donors (Lipinski definition) is 1. The average Bonchev–Trinajstić information content (AvgIpc) is 1.80. The predicted molar refractivity (Wildman–Crippen MR) is 81.6 cm³/mol. The van der Waals surface area contributed by atoms with Crippen LogP contribution in [-0.2, 0) is 4.52 Å². The highest BCUT2D eigenvalue weighted by Gasteiger charge is 1.92. The van der Waals surface area contributed by atoms with Crippen LogP contribution in [0.3, 0.4) is 0 Å². The summed E-state index contributed by atoms with van der Waals surface area (Å²) < 4.78 is 5.23. The van der Waals surface area contributed by atoms with Gasteiger partial charge >= 0.3 is 0 Å². The van der Waals surface area contributed by atoms with Crippen molar-refractivity contribution < 1.29 is 9.42 Å². The molecule has 0 radical (unpaired) electrons. The fourth-order valence-electron chi connectivity index (χ4n) is 0.349. The molecule has 15 heavy (non-hydrogen) atoms. The zero-order valence-electron chi connectivity index (χ0n) is 11.6. The quantitative estimate of drug-likeness (QED) is 0.764. The van der Waals surface area contributed by atoms with Gasteiger partial charge in [-0.1, -0.05) is 32.9 Å². The van der Waals surface area contributed by atoms with E-state index in [2.05, 4.69) is 39.8 Å². The summed E-state index contributed by atoms with van der Waals surface area (Å²) in [7, 11) is -2.80. The molecule has 0 amide bonds. The maximum absolute atomic E-state index is 8.52. The normalized spacial score (nSPS) is 10.7. The predicted octanol–water partition coefficient (Wildman–Crippen LogP) is 3.67. The first-order valence-electron chi connectivity index (χ1n) is 5.21. The van der Waals surface area contributed by atoms with Crippen LogP contribution in [0.5, 0.6) is 0 Å². The standard InChI is InChI=1S/C5H13OP.C3H9OP.C3H8/c1-5-6-7(2,3)4;1-5(2,3)4;1-3-2/h2,5H2,1,3-4H3;4H,1H2,2-3H3;3H2,1-2H3. The molecule has 0 bridgehead atoms. The summed E-state index contributed by atoms with van der Waals surface area (Å²) in [5, 5.41) is 0. The topological polar surface area (TPSA) is 29.5 Å². The second-order valence-electron chi connectivity index (χ2n) is 4.32. The van der Waals surface area contributed by atoms with Gasteiger partial charge in [0, 0.05) is 6.61 Å². The average molecular weight is 256 g/mol. The van der Waals surface area contributed by atoms with E-state index in [1.807, 2.05) is 6.92 Å². The molecule has 0 saturated carbocycles. The zero-order valence-corrected chi connectivity index (χ0v) is 13.4. The Bertz CT molecular complexity index is 192. The van der Waals surface area contributed by atoms with E-state index in [1.165, 1.54) is 6.42 Å². The molecule has 0 aliphatic rings. The van der Waals surface area contributed by atoms with E-state index < -0.39 is 14.2 Å². The van der Waals surface area contributed by atoms with Gasteiger partial charge in [-0.3, -0.25) is 0 Å². The van der Waals surface area contributed by atoms with Crippen LogP contribution in [0, 0.1) is 0 Å². The lowest BCUT2D eigenvalue weighted by molar-refractivity contribution is 0.381. The van der Waals surface area contributed by atoms with Crippen molar-refractivity contribution in [3.8, 4) is 0 Å². The van der Waals surface area contributed by atoms with Crippen LogP contribution < -0.4 is 0 Å². The molecule has 0 spiro atoms. The molecular weight excluding hydrogens is 226 g/mol. The summed E-state index contributed by atoms with van der Waals surface area (Å²) in [6, 6.07) is 0. The van der Waals surface area contributed by atoms with Gasteiger partial charge in [0.05, 0.1) is 0 Å². The van der Waals surface area contributed by atoms with Crippen LogP contribution in [0.1, 0.15) is 27.2 Å². The van der Waals surface area contributed by atoms with Crippen molar-refractivity contribution in [1.29, 1.82) is 0 Å². The number of rotatable bonds is 2. The van der Waals surface area contributed by atoms with Crippen LogP contribution in [0.2, 0.25) is 0 Å².